The zero-order chi connectivity index (χ0) is 15.2. The number of aryl methyl sites for hydroxylation is 2. The molecule has 0 aliphatic carbocycles. The van der Waals surface area contributed by atoms with Gasteiger partial charge in [0.15, 0.2) is 5.16 Å². The van der Waals surface area contributed by atoms with Crippen LogP contribution in [0.4, 0.5) is 0 Å². The number of hydrogen-bond donors (Lipinski definition) is 1. The molecule has 4 nitrogen and oxygen atoms in total. The van der Waals surface area contributed by atoms with Gasteiger partial charge in [-0.25, -0.2) is 9.97 Å². The largest absolute Gasteiger partial charge is 0.302 e. The molecule has 1 unspecified atom stereocenters. The van der Waals surface area contributed by atoms with Gasteiger partial charge in [-0.15, -0.1) is 0 Å². The van der Waals surface area contributed by atoms with Gasteiger partial charge in [0.1, 0.15) is 5.54 Å². The van der Waals surface area contributed by atoms with E-state index in [1.54, 1.807) is 11.8 Å². The Balaban J connectivity index is 2.52. The molecule has 1 rings (SSSR count). The van der Waals surface area contributed by atoms with Gasteiger partial charge in [-0.1, -0.05) is 18.7 Å². The third-order valence-electron chi connectivity index (χ3n) is 3.89. The molecule has 0 saturated heterocycles. The quantitative estimate of drug-likeness (QED) is 0.475. The predicted octanol–water partition coefficient (Wildman–Crippen LogP) is 3.17. The Hall–Kier alpha value is -1.12. The Morgan fingerprint density at radius 3 is 2.30 bits per heavy atom. The zero-order valence-electron chi connectivity index (χ0n) is 13.1. The predicted molar refractivity (Wildman–Crippen MR) is 83.9 cm³/mol. The zero-order valence-corrected chi connectivity index (χ0v) is 13.9. The molecule has 110 valence electrons. The summed E-state index contributed by atoms with van der Waals surface area (Å²) >= 11 is 1.67. The van der Waals surface area contributed by atoms with E-state index in [2.05, 4.69) is 28.3 Å². The van der Waals surface area contributed by atoms with Crippen LogP contribution in [-0.2, 0) is 0 Å². The number of hydrogen-bond acceptors (Lipinski definition) is 5. The molecule has 0 saturated carbocycles. The lowest BCUT2D eigenvalue weighted by atomic mass is 9.93. The normalized spacial score (nSPS) is 13.8. The molecular weight excluding hydrogens is 268 g/mol. The van der Waals surface area contributed by atoms with E-state index >= 15 is 0 Å². The van der Waals surface area contributed by atoms with Gasteiger partial charge in [-0.2, -0.15) is 5.26 Å². The van der Waals surface area contributed by atoms with Crippen LogP contribution in [0, 0.1) is 32.1 Å². The second-order valence-corrected chi connectivity index (χ2v) is 6.11. The summed E-state index contributed by atoms with van der Waals surface area (Å²) in [6.07, 6.45) is 2.65. The van der Waals surface area contributed by atoms with Crippen LogP contribution >= 0.6 is 11.8 Å². The van der Waals surface area contributed by atoms with E-state index < -0.39 is 0 Å². The Kier molecular flexibility index (Phi) is 6.44. The van der Waals surface area contributed by atoms with Crippen molar-refractivity contribution < 1.29 is 0 Å². The summed E-state index contributed by atoms with van der Waals surface area (Å²) in [7, 11) is 1.86. The highest BCUT2D eigenvalue weighted by Crippen LogP contribution is 2.21. The van der Waals surface area contributed by atoms with Crippen molar-refractivity contribution in [2.45, 2.75) is 57.7 Å². The standard InChI is InChI=1S/C15H24N4S/c1-6-15(10-16,17-5)8-7-9-20-14-18-12(3)11(2)13(4)19-14/h17H,6-9H2,1-5H3. The first-order chi connectivity index (χ1) is 9.48. The van der Waals surface area contributed by atoms with Crippen LogP contribution in [0.1, 0.15) is 43.1 Å². The Labute approximate surface area is 126 Å². The third kappa shape index (κ3) is 4.19. The van der Waals surface area contributed by atoms with E-state index in [9.17, 15) is 5.26 Å². The van der Waals surface area contributed by atoms with Crippen LogP contribution < -0.4 is 5.32 Å². The Morgan fingerprint density at radius 1 is 1.25 bits per heavy atom. The Morgan fingerprint density at radius 2 is 1.85 bits per heavy atom. The molecule has 0 amide bonds. The van der Waals surface area contributed by atoms with Gasteiger partial charge in [0.2, 0.25) is 0 Å². The summed E-state index contributed by atoms with van der Waals surface area (Å²) in [6, 6.07) is 2.39. The summed E-state index contributed by atoms with van der Waals surface area (Å²) in [5, 5.41) is 13.2. The average molecular weight is 292 g/mol. The van der Waals surface area contributed by atoms with Crippen molar-refractivity contribution in [3.63, 3.8) is 0 Å². The molecule has 1 N–H and O–H groups in total. The van der Waals surface area contributed by atoms with E-state index in [0.29, 0.717) is 0 Å². The first-order valence-electron chi connectivity index (χ1n) is 7.03. The first-order valence-corrected chi connectivity index (χ1v) is 8.01. The third-order valence-corrected chi connectivity index (χ3v) is 4.82. The highest BCUT2D eigenvalue weighted by Gasteiger charge is 2.24. The molecule has 0 bridgehead atoms. The van der Waals surface area contributed by atoms with E-state index in [-0.39, 0.29) is 5.54 Å². The van der Waals surface area contributed by atoms with Crippen LogP contribution in [0.5, 0.6) is 0 Å². The van der Waals surface area contributed by atoms with Gasteiger partial charge in [-0.05, 0) is 52.6 Å². The fourth-order valence-corrected chi connectivity index (χ4v) is 2.89. The van der Waals surface area contributed by atoms with Crippen molar-refractivity contribution in [2.75, 3.05) is 12.8 Å². The maximum absolute atomic E-state index is 9.25. The first kappa shape index (κ1) is 16.9. The number of aromatic nitrogens is 2. The molecule has 0 aromatic carbocycles. The van der Waals surface area contributed by atoms with E-state index in [1.165, 1.54) is 5.56 Å². The molecule has 5 heteroatoms. The molecule has 1 aromatic rings. The maximum atomic E-state index is 9.25. The molecule has 0 radical (unpaired) electrons. The minimum Gasteiger partial charge on any atom is -0.302 e. The van der Waals surface area contributed by atoms with E-state index in [0.717, 1.165) is 41.6 Å². The van der Waals surface area contributed by atoms with Crippen LogP contribution in [0.3, 0.4) is 0 Å². The molecule has 1 aromatic heterocycles. The van der Waals surface area contributed by atoms with Gasteiger partial charge in [0.25, 0.3) is 0 Å². The number of thioether (sulfide) groups is 1. The fourth-order valence-electron chi connectivity index (χ4n) is 2.01. The lowest BCUT2D eigenvalue weighted by Gasteiger charge is -2.24. The average Bonchev–Trinajstić information content (AvgIpc) is 2.45. The topological polar surface area (TPSA) is 61.6 Å². The van der Waals surface area contributed by atoms with Crippen LogP contribution in [0.25, 0.3) is 0 Å². The molecular formula is C15H24N4S. The number of nitrogens with one attached hydrogen (secondary N) is 1. The van der Waals surface area contributed by atoms with Crippen molar-refractivity contribution in [3.8, 4) is 6.07 Å². The number of rotatable bonds is 7. The highest BCUT2D eigenvalue weighted by atomic mass is 32.2. The highest BCUT2D eigenvalue weighted by molar-refractivity contribution is 7.99. The van der Waals surface area contributed by atoms with E-state index in [4.69, 9.17) is 0 Å². The molecule has 0 aliphatic rings. The van der Waals surface area contributed by atoms with Crippen molar-refractivity contribution >= 4 is 11.8 Å². The number of nitriles is 1. The SMILES string of the molecule is CCC(C#N)(CCCSc1nc(C)c(C)c(C)n1)NC. The van der Waals surface area contributed by atoms with Crippen LogP contribution in [0.15, 0.2) is 5.16 Å². The lowest BCUT2D eigenvalue weighted by molar-refractivity contribution is 0.400. The van der Waals surface area contributed by atoms with Crippen LogP contribution in [0.2, 0.25) is 0 Å². The Bertz CT molecular complexity index is 466. The van der Waals surface area contributed by atoms with Gasteiger partial charge in [0, 0.05) is 17.1 Å². The number of nitrogens with zero attached hydrogens (tertiary/aromatic N) is 3. The second-order valence-electron chi connectivity index (χ2n) is 5.05. The molecule has 0 aliphatic heterocycles. The minimum absolute atomic E-state index is 0.388. The van der Waals surface area contributed by atoms with Gasteiger partial charge in [0.05, 0.1) is 6.07 Å². The molecule has 1 heterocycles. The summed E-state index contributed by atoms with van der Waals surface area (Å²) < 4.78 is 0. The van der Waals surface area contributed by atoms with Crippen molar-refractivity contribution in [1.82, 2.24) is 15.3 Å². The summed E-state index contributed by atoms with van der Waals surface area (Å²) in [5.41, 5.74) is 2.88. The lowest BCUT2D eigenvalue weighted by Crippen LogP contribution is -2.40. The van der Waals surface area contributed by atoms with Crippen LogP contribution in [-0.4, -0.2) is 28.3 Å². The van der Waals surface area contributed by atoms with Crippen molar-refractivity contribution in [2.24, 2.45) is 0 Å². The molecule has 1 atom stereocenters. The monoisotopic (exact) mass is 292 g/mol. The second kappa shape index (κ2) is 7.61. The molecule has 0 fully saturated rings. The molecule has 20 heavy (non-hydrogen) atoms. The van der Waals surface area contributed by atoms with E-state index in [1.807, 2.05) is 27.8 Å². The van der Waals surface area contributed by atoms with Gasteiger partial charge in [-0.3, -0.25) is 0 Å². The maximum Gasteiger partial charge on any atom is 0.187 e. The summed E-state index contributed by atoms with van der Waals surface area (Å²) in [5.74, 6) is 0.938. The summed E-state index contributed by atoms with van der Waals surface area (Å²) in [4.78, 5) is 9.00. The van der Waals surface area contributed by atoms with Gasteiger partial charge < -0.3 is 5.32 Å². The fraction of sp³-hybridized carbons (Fsp3) is 0.667. The minimum atomic E-state index is -0.388. The summed E-state index contributed by atoms with van der Waals surface area (Å²) in [6.45, 7) is 8.14. The molecule has 0 spiro atoms. The smallest absolute Gasteiger partial charge is 0.187 e. The van der Waals surface area contributed by atoms with Crippen molar-refractivity contribution in [1.29, 1.82) is 5.26 Å². The van der Waals surface area contributed by atoms with Gasteiger partial charge >= 0.3 is 0 Å². The van der Waals surface area contributed by atoms with Crippen molar-refractivity contribution in [3.05, 3.63) is 17.0 Å².